The lowest BCUT2D eigenvalue weighted by atomic mass is 9.85. The Bertz CT molecular complexity index is 819. The number of carbonyl (C=O) groups is 3. The van der Waals surface area contributed by atoms with Gasteiger partial charge in [0, 0.05) is 24.5 Å². The molecule has 0 aromatic carbocycles. The molecule has 30 heavy (non-hydrogen) atoms. The molecular formula is C22H28O8. The molecule has 8 heteroatoms. The summed E-state index contributed by atoms with van der Waals surface area (Å²) >= 11 is 0. The lowest BCUT2D eigenvalue weighted by Crippen LogP contribution is -2.35. The number of aliphatic hydroxyl groups excluding tert-OH is 2. The van der Waals surface area contributed by atoms with Crippen LogP contribution in [0.25, 0.3) is 0 Å². The van der Waals surface area contributed by atoms with Crippen molar-refractivity contribution < 1.29 is 38.8 Å². The monoisotopic (exact) mass is 420 g/mol. The Labute approximate surface area is 175 Å². The number of fused-ring (bicyclic) bond motifs is 1. The second-order valence-corrected chi connectivity index (χ2v) is 7.42. The summed E-state index contributed by atoms with van der Waals surface area (Å²) in [6.45, 7) is 9.46. The highest BCUT2D eigenvalue weighted by molar-refractivity contribution is 5.92. The summed E-state index contributed by atoms with van der Waals surface area (Å²) in [4.78, 5) is 36.2. The van der Waals surface area contributed by atoms with Gasteiger partial charge in [0.1, 0.15) is 18.3 Å². The molecule has 0 unspecified atom stereocenters. The maximum Gasteiger partial charge on any atom is 0.334 e. The lowest BCUT2D eigenvalue weighted by molar-refractivity contribution is -0.147. The molecule has 0 saturated carbocycles. The molecule has 1 aliphatic carbocycles. The van der Waals surface area contributed by atoms with E-state index in [2.05, 4.69) is 6.58 Å². The van der Waals surface area contributed by atoms with E-state index in [0.717, 1.165) is 0 Å². The van der Waals surface area contributed by atoms with Gasteiger partial charge in [-0.05, 0) is 44.1 Å². The molecule has 8 nitrogen and oxygen atoms in total. The van der Waals surface area contributed by atoms with Crippen molar-refractivity contribution in [1.29, 1.82) is 0 Å². The molecular weight excluding hydrogens is 392 g/mol. The minimum Gasteiger partial charge on any atom is -0.458 e. The van der Waals surface area contributed by atoms with Crippen LogP contribution >= 0.6 is 0 Å². The average Bonchev–Trinajstić information content (AvgIpc) is 2.96. The summed E-state index contributed by atoms with van der Waals surface area (Å²) in [7, 11) is 0. The summed E-state index contributed by atoms with van der Waals surface area (Å²) in [5, 5.41) is 20.5. The minimum absolute atomic E-state index is 0.0187. The molecule has 0 aromatic rings. The fourth-order valence-corrected chi connectivity index (χ4v) is 3.38. The fourth-order valence-electron chi connectivity index (χ4n) is 3.38. The molecule has 1 heterocycles. The Balaban J connectivity index is 2.56. The molecule has 0 spiro atoms. The van der Waals surface area contributed by atoms with Gasteiger partial charge in [-0.15, -0.1) is 0 Å². The molecule has 0 aromatic heterocycles. The fraction of sp³-hybridized carbons (Fsp3) is 0.500. The van der Waals surface area contributed by atoms with Gasteiger partial charge in [-0.3, -0.25) is 4.79 Å². The normalized spacial score (nSPS) is 33.4. The first-order valence-electron chi connectivity index (χ1n) is 9.67. The number of esters is 3. The highest BCUT2D eigenvalue weighted by Gasteiger charge is 2.45. The zero-order valence-electron chi connectivity index (χ0n) is 17.6. The number of ether oxygens (including phenoxy) is 3. The summed E-state index contributed by atoms with van der Waals surface area (Å²) in [5.74, 6) is -2.58. The van der Waals surface area contributed by atoms with E-state index in [1.165, 1.54) is 13.0 Å². The molecule has 0 bridgehead atoms. The number of rotatable bonds is 4. The Kier molecular flexibility index (Phi) is 7.75. The molecule has 2 N–H and O–H groups in total. The molecule has 1 saturated heterocycles. The van der Waals surface area contributed by atoms with Crippen LogP contribution in [-0.2, 0) is 28.6 Å². The van der Waals surface area contributed by atoms with Crippen LogP contribution in [0.1, 0.15) is 34.1 Å². The van der Waals surface area contributed by atoms with Crippen molar-refractivity contribution >= 4 is 17.9 Å². The summed E-state index contributed by atoms with van der Waals surface area (Å²) < 4.78 is 16.3. The first kappa shape index (κ1) is 23.6. The highest BCUT2D eigenvalue weighted by Crippen LogP contribution is 2.36. The lowest BCUT2D eigenvalue weighted by Gasteiger charge is -2.29. The Morgan fingerprint density at radius 1 is 1.30 bits per heavy atom. The predicted octanol–water partition coefficient (Wildman–Crippen LogP) is 1.52. The van der Waals surface area contributed by atoms with E-state index < -0.39 is 54.8 Å². The van der Waals surface area contributed by atoms with Gasteiger partial charge in [-0.25, -0.2) is 9.59 Å². The van der Waals surface area contributed by atoms with E-state index in [9.17, 15) is 24.6 Å². The van der Waals surface area contributed by atoms with E-state index >= 15 is 0 Å². The largest absolute Gasteiger partial charge is 0.458 e. The molecule has 1 aliphatic heterocycles. The van der Waals surface area contributed by atoms with Crippen LogP contribution in [0.3, 0.4) is 0 Å². The third kappa shape index (κ3) is 5.25. The Morgan fingerprint density at radius 2 is 1.97 bits per heavy atom. The standard InChI is InChI=1S/C22H28O8/c1-6-11(2)21(26)29-18-7-12(3)16(25)9-17(28-14(5)24)15(10-23)8-19-20(18)13(4)22(27)30-19/h6-8,16-20,23,25H,4,9-10H2,1-3,5H3/b11-6+,12-7+,15-8+/t16-,17-,18+,19+,20+/m0/s1. The highest BCUT2D eigenvalue weighted by atomic mass is 16.6. The number of hydrogen-bond donors (Lipinski definition) is 2. The number of allylic oxidation sites excluding steroid dienone is 1. The van der Waals surface area contributed by atoms with Crippen LogP contribution in [0, 0.1) is 5.92 Å². The minimum atomic E-state index is -1.05. The summed E-state index contributed by atoms with van der Waals surface area (Å²) in [5.41, 5.74) is 1.21. The number of aliphatic hydroxyl groups is 2. The van der Waals surface area contributed by atoms with Crippen molar-refractivity contribution in [3.05, 3.63) is 47.1 Å². The zero-order chi connectivity index (χ0) is 22.6. The van der Waals surface area contributed by atoms with Crippen molar-refractivity contribution in [3.63, 3.8) is 0 Å². The Morgan fingerprint density at radius 3 is 2.53 bits per heavy atom. The second kappa shape index (κ2) is 9.86. The van der Waals surface area contributed by atoms with Crippen LogP contribution in [0.5, 0.6) is 0 Å². The third-order valence-electron chi connectivity index (χ3n) is 5.29. The first-order valence-corrected chi connectivity index (χ1v) is 9.67. The van der Waals surface area contributed by atoms with Crippen LogP contribution in [0.2, 0.25) is 0 Å². The molecule has 2 rings (SSSR count). The van der Waals surface area contributed by atoms with Gasteiger partial charge >= 0.3 is 17.9 Å². The van der Waals surface area contributed by atoms with Gasteiger partial charge in [-0.2, -0.15) is 0 Å². The zero-order valence-corrected chi connectivity index (χ0v) is 17.6. The van der Waals surface area contributed by atoms with Gasteiger partial charge < -0.3 is 24.4 Å². The van der Waals surface area contributed by atoms with Gasteiger partial charge in [0.25, 0.3) is 0 Å². The molecule has 1 fully saturated rings. The summed E-state index contributed by atoms with van der Waals surface area (Å²) in [6.07, 6.45) is 0.817. The summed E-state index contributed by atoms with van der Waals surface area (Å²) in [6, 6.07) is 0. The second-order valence-electron chi connectivity index (χ2n) is 7.42. The van der Waals surface area contributed by atoms with E-state index in [-0.39, 0.29) is 17.6 Å². The predicted molar refractivity (Wildman–Crippen MR) is 107 cm³/mol. The molecule has 0 radical (unpaired) electrons. The van der Waals surface area contributed by atoms with Crippen molar-refractivity contribution in [2.75, 3.05) is 6.61 Å². The topological polar surface area (TPSA) is 119 Å². The average molecular weight is 420 g/mol. The SMILES string of the molecule is C=C1C(=O)O[C@@H]2/C=C(\CO)[C@@H](OC(C)=O)C[C@H](O)/C(C)=C/[C@@H](OC(=O)/C(C)=C/C)[C@@H]12. The van der Waals surface area contributed by atoms with Gasteiger partial charge in [-0.1, -0.05) is 12.7 Å². The van der Waals surface area contributed by atoms with Crippen molar-refractivity contribution in [2.45, 2.75) is 58.5 Å². The molecule has 0 amide bonds. The third-order valence-corrected chi connectivity index (χ3v) is 5.29. The van der Waals surface area contributed by atoms with E-state index in [1.54, 1.807) is 32.9 Å². The first-order chi connectivity index (χ1) is 14.1. The van der Waals surface area contributed by atoms with Gasteiger partial charge in [0.2, 0.25) is 0 Å². The maximum atomic E-state index is 12.4. The van der Waals surface area contributed by atoms with Gasteiger partial charge in [0.15, 0.2) is 0 Å². The molecule has 2 aliphatic rings. The van der Waals surface area contributed by atoms with E-state index in [4.69, 9.17) is 14.2 Å². The molecule has 164 valence electrons. The quantitative estimate of drug-likeness (QED) is 0.304. The van der Waals surface area contributed by atoms with Crippen LogP contribution in [0.15, 0.2) is 47.1 Å². The van der Waals surface area contributed by atoms with E-state index in [0.29, 0.717) is 11.1 Å². The van der Waals surface area contributed by atoms with Crippen molar-refractivity contribution in [1.82, 2.24) is 0 Å². The number of carbonyl (C=O) groups excluding carboxylic acids is 3. The van der Waals surface area contributed by atoms with Crippen molar-refractivity contribution in [2.24, 2.45) is 5.92 Å². The van der Waals surface area contributed by atoms with Gasteiger partial charge in [0.05, 0.1) is 18.6 Å². The maximum absolute atomic E-state index is 12.4. The van der Waals surface area contributed by atoms with Crippen LogP contribution in [-0.4, -0.2) is 59.1 Å². The van der Waals surface area contributed by atoms with Crippen LogP contribution < -0.4 is 0 Å². The molecule has 5 atom stereocenters. The van der Waals surface area contributed by atoms with Crippen molar-refractivity contribution in [3.8, 4) is 0 Å². The number of hydrogen-bond acceptors (Lipinski definition) is 8. The van der Waals surface area contributed by atoms with Crippen LogP contribution in [0.4, 0.5) is 0 Å². The smallest absolute Gasteiger partial charge is 0.334 e. The Hall–Kier alpha value is -2.71. The van der Waals surface area contributed by atoms with E-state index in [1.807, 2.05) is 0 Å².